The van der Waals surface area contributed by atoms with E-state index in [0.717, 1.165) is 24.1 Å². The van der Waals surface area contributed by atoms with Gasteiger partial charge in [-0.05, 0) is 37.1 Å². The van der Waals surface area contributed by atoms with Gasteiger partial charge in [-0.15, -0.1) is 0 Å². The minimum absolute atomic E-state index is 0.0760. The Morgan fingerprint density at radius 2 is 2.24 bits per heavy atom. The molecule has 1 heterocycles. The number of carbonyl (C=O) groups excluding carboxylic acids is 1. The van der Waals surface area contributed by atoms with Crippen molar-refractivity contribution in [2.75, 3.05) is 12.4 Å². The molecule has 4 N–H and O–H groups in total. The van der Waals surface area contributed by atoms with Crippen molar-refractivity contribution in [3.05, 3.63) is 29.3 Å². The molecule has 1 aliphatic heterocycles. The lowest BCUT2D eigenvalue weighted by atomic mass is 9.95. The predicted octanol–water partition coefficient (Wildman–Crippen LogP) is 0.933. The number of anilines is 1. The quantitative estimate of drug-likeness (QED) is 0.725. The van der Waals surface area contributed by atoms with E-state index < -0.39 is 0 Å². The van der Waals surface area contributed by atoms with Gasteiger partial charge in [-0.25, -0.2) is 0 Å². The maximum atomic E-state index is 11.3. The number of hydrogen-bond donors (Lipinski definition) is 3. The molecule has 0 radical (unpaired) electrons. The fourth-order valence-electron chi connectivity index (χ4n) is 2.65. The summed E-state index contributed by atoms with van der Waals surface area (Å²) in [6.45, 7) is 0. The second-order valence-electron chi connectivity index (χ2n) is 5.10. The van der Waals surface area contributed by atoms with E-state index in [0.29, 0.717) is 6.42 Å². The summed E-state index contributed by atoms with van der Waals surface area (Å²) in [7, 11) is 1.94. The second-order valence-corrected chi connectivity index (χ2v) is 5.10. The van der Waals surface area contributed by atoms with Crippen LogP contribution in [0, 0.1) is 0 Å². The van der Waals surface area contributed by atoms with Gasteiger partial charge in [-0.3, -0.25) is 4.79 Å². The lowest BCUT2D eigenvalue weighted by molar-refractivity contribution is -0.115. The Kier molecular flexibility index (Phi) is 2.24. The van der Waals surface area contributed by atoms with Gasteiger partial charge in [0.25, 0.3) is 0 Å². The summed E-state index contributed by atoms with van der Waals surface area (Å²) in [6.07, 6.45) is 2.61. The van der Waals surface area contributed by atoms with E-state index in [1.807, 2.05) is 13.1 Å². The Morgan fingerprint density at radius 1 is 1.47 bits per heavy atom. The highest BCUT2D eigenvalue weighted by Crippen LogP contribution is 2.44. The molecule has 1 amide bonds. The van der Waals surface area contributed by atoms with E-state index in [4.69, 9.17) is 5.73 Å². The smallest absolute Gasteiger partial charge is 0.228 e. The molecule has 2 aliphatic rings. The molecular formula is C13H17N3O. The topological polar surface area (TPSA) is 67.2 Å². The van der Waals surface area contributed by atoms with Gasteiger partial charge >= 0.3 is 0 Å². The van der Waals surface area contributed by atoms with Crippen molar-refractivity contribution in [3.63, 3.8) is 0 Å². The van der Waals surface area contributed by atoms with Crippen molar-refractivity contribution in [1.29, 1.82) is 0 Å². The van der Waals surface area contributed by atoms with E-state index in [1.54, 1.807) is 0 Å². The third-order valence-corrected chi connectivity index (χ3v) is 3.78. The summed E-state index contributed by atoms with van der Waals surface area (Å²) < 4.78 is 0. The molecule has 17 heavy (non-hydrogen) atoms. The zero-order chi connectivity index (χ0) is 12.0. The summed E-state index contributed by atoms with van der Waals surface area (Å²) in [5.74, 6) is 0.0760. The van der Waals surface area contributed by atoms with Crippen LogP contribution < -0.4 is 16.4 Å². The normalized spacial score (nSPS) is 21.9. The van der Waals surface area contributed by atoms with Gasteiger partial charge in [0, 0.05) is 11.2 Å². The van der Waals surface area contributed by atoms with Crippen molar-refractivity contribution < 1.29 is 4.79 Å². The van der Waals surface area contributed by atoms with Gasteiger partial charge < -0.3 is 16.4 Å². The summed E-state index contributed by atoms with van der Waals surface area (Å²) >= 11 is 0. The van der Waals surface area contributed by atoms with Crippen molar-refractivity contribution in [2.24, 2.45) is 5.73 Å². The average molecular weight is 231 g/mol. The second kappa shape index (κ2) is 3.55. The van der Waals surface area contributed by atoms with Crippen LogP contribution in [0.2, 0.25) is 0 Å². The van der Waals surface area contributed by atoms with Crippen LogP contribution in [0.5, 0.6) is 0 Å². The molecule has 0 bridgehead atoms. The van der Waals surface area contributed by atoms with E-state index in [2.05, 4.69) is 22.8 Å². The Labute approximate surface area is 101 Å². The van der Waals surface area contributed by atoms with Crippen molar-refractivity contribution in [2.45, 2.75) is 30.8 Å². The van der Waals surface area contributed by atoms with Crippen LogP contribution in [0.4, 0.5) is 5.69 Å². The monoisotopic (exact) mass is 231 g/mol. The molecule has 1 unspecified atom stereocenters. The standard InChI is InChI=1S/C13H17N3O/c1-15-12(13(14)4-5-13)8-2-3-10-9(6-8)7-11(17)16-10/h2-3,6,12,15H,4-5,7,14H2,1H3,(H,16,17). The number of nitrogens with one attached hydrogen (secondary N) is 2. The van der Waals surface area contributed by atoms with Crippen LogP contribution >= 0.6 is 0 Å². The zero-order valence-corrected chi connectivity index (χ0v) is 9.92. The molecule has 0 spiro atoms. The molecule has 1 saturated carbocycles. The number of likely N-dealkylation sites (N-methyl/N-ethyl adjacent to an activating group) is 1. The van der Waals surface area contributed by atoms with E-state index in [9.17, 15) is 4.79 Å². The highest BCUT2D eigenvalue weighted by molar-refractivity contribution is 5.99. The van der Waals surface area contributed by atoms with Gasteiger partial charge in [0.15, 0.2) is 0 Å². The molecule has 4 nitrogen and oxygen atoms in total. The average Bonchev–Trinajstić information content (AvgIpc) is 2.90. The SMILES string of the molecule is CNC(c1ccc2c(c1)CC(=O)N2)C1(N)CC1. The number of nitrogens with two attached hydrogens (primary N) is 1. The predicted molar refractivity (Wildman–Crippen MR) is 66.7 cm³/mol. The minimum Gasteiger partial charge on any atom is -0.326 e. The lowest BCUT2D eigenvalue weighted by Gasteiger charge is -2.24. The number of carbonyl (C=O) groups is 1. The molecule has 4 heteroatoms. The van der Waals surface area contributed by atoms with Crippen LogP contribution in [0.15, 0.2) is 18.2 Å². The highest BCUT2D eigenvalue weighted by Gasteiger charge is 2.45. The van der Waals surface area contributed by atoms with Crippen LogP contribution in [-0.2, 0) is 11.2 Å². The van der Waals surface area contributed by atoms with Crippen LogP contribution in [0.3, 0.4) is 0 Å². The van der Waals surface area contributed by atoms with Crippen molar-refractivity contribution >= 4 is 11.6 Å². The van der Waals surface area contributed by atoms with E-state index in [1.165, 1.54) is 5.56 Å². The molecule has 0 saturated heterocycles. The first kappa shape index (κ1) is 10.7. The first-order valence-corrected chi connectivity index (χ1v) is 6.01. The minimum atomic E-state index is -0.0982. The first-order chi connectivity index (χ1) is 8.12. The van der Waals surface area contributed by atoms with Crippen LogP contribution in [0.25, 0.3) is 0 Å². The molecule has 3 rings (SSSR count). The van der Waals surface area contributed by atoms with E-state index in [-0.39, 0.29) is 17.5 Å². The summed E-state index contributed by atoms with van der Waals surface area (Å²) in [4.78, 5) is 11.3. The number of rotatable bonds is 3. The number of fused-ring (bicyclic) bond motifs is 1. The van der Waals surface area contributed by atoms with Crippen LogP contribution in [0.1, 0.15) is 30.0 Å². The van der Waals surface area contributed by atoms with Crippen molar-refractivity contribution in [1.82, 2.24) is 5.32 Å². The lowest BCUT2D eigenvalue weighted by Crippen LogP contribution is -2.38. The van der Waals surface area contributed by atoms with Gasteiger partial charge in [0.05, 0.1) is 12.5 Å². The van der Waals surface area contributed by atoms with Gasteiger partial charge in [-0.2, -0.15) is 0 Å². The fraction of sp³-hybridized carbons (Fsp3) is 0.462. The molecule has 1 fully saturated rings. The Morgan fingerprint density at radius 3 is 2.88 bits per heavy atom. The van der Waals surface area contributed by atoms with Crippen LogP contribution in [-0.4, -0.2) is 18.5 Å². The van der Waals surface area contributed by atoms with Gasteiger partial charge in [0.2, 0.25) is 5.91 Å². The number of hydrogen-bond acceptors (Lipinski definition) is 3. The molecule has 1 aromatic rings. The fourth-order valence-corrected chi connectivity index (χ4v) is 2.65. The Balaban J connectivity index is 1.94. The number of amides is 1. The third-order valence-electron chi connectivity index (χ3n) is 3.78. The summed E-state index contributed by atoms with van der Waals surface area (Å²) in [5.41, 5.74) is 9.37. The highest BCUT2D eigenvalue weighted by atomic mass is 16.1. The largest absolute Gasteiger partial charge is 0.326 e. The molecule has 0 aromatic heterocycles. The Hall–Kier alpha value is -1.39. The van der Waals surface area contributed by atoms with Gasteiger partial charge in [0.1, 0.15) is 0 Å². The van der Waals surface area contributed by atoms with Gasteiger partial charge in [-0.1, -0.05) is 12.1 Å². The van der Waals surface area contributed by atoms with E-state index >= 15 is 0 Å². The molecule has 1 aromatic carbocycles. The Bertz CT molecular complexity index is 480. The molecule has 90 valence electrons. The third kappa shape index (κ3) is 1.73. The molecular weight excluding hydrogens is 214 g/mol. The molecule has 1 atom stereocenters. The summed E-state index contributed by atoms with van der Waals surface area (Å²) in [6, 6.07) is 6.31. The van der Waals surface area contributed by atoms with Crippen molar-refractivity contribution in [3.8, 4) is 0 Å². The zero-order valence-electron chi connectivity index (χ0n) is 9.92. The number of benzene rings is 1. The molecule has 1 aliphatic carbocycles. The maximum Gasteiger partial charge on any atom is 0.228 e. The first-order valence-electron chi connectivity index (χ1n) is 6.01. The maximum absolute atomic E-state index is 11.3. The summed E-state index contributed by atoms with van der Waals surface area (Å²) in [5, 5.41) is 6.14.